The van der Waals surface area contributed by atoms with Gasteiger partial charge in [-0.2, -0.15) is 0 Å². The van der Waals surface area contributed by atoms with E-state index in [-0.39, 0.29) is 33.0 Å². The second kappa shape index (κ2) is 22.4. The number of hydrogen-bond donors (Lipinski definition) is 2. The summed E-state index contributed by atoms with van der Waals surface area (Å²) in [6.45, 7) is 1.30. The third kappa shape index (κ3) is 12.2. The average Bonchev–Trinajstić information content (AvgIpc) is 3.27. The van der Waals surface area contributed by atoms with E-state index in [1.165, 1.54) is 14.0 Å². The van der Waals surface area contributed by atoms with Gasteiger partial charge < -0.3 is 57.8 Å². The number of esters is 2. The summed E-state index contributed by atoms with van der Waals surface area (Å²) in [6, 6.07) is 36.0. The Morgan fingerprint density at radius 1 is 0.633 bits per heavy atom. The number of rotatable bonds is 18. The lowest BCUT2D eigenvalue weighted by molar-refractivity contribution is -0.350. The molecule has 0 radical (unpaired) electrons. The predicted molar refractivity (Wildman–Crippen MR) is 212 cm³/mol. The molecule has 15 heteroatoms. The molecule has 2 aliphatic rings. The first-order valence-electron chi connectivity index (χ1n) is 19.6. The number of amides is 1. The van der Waals surface area contributed by atoms with Crippen LogP contribution in [0.1, 0.15) is 29.2 Å². The first-order valence-corrected chi connectivity index (χ1v) is 19.6. The average molecular weight is 830 g/mol. The Kier molecular flexibility index (Phi) is 16.5. The number of ether oxygens (including phenoxy) is 10. The zero-order chi connectivity index (χ0) is 42.3. The van der Waals surface area contributed by atoms with Gasteiger partial charge in [-0.25, -0.2) is 9.59 Å². The van der Waals surface area contributed by atoms with Gasteiger partial charge >= 0.3 is 18.0 Å². The Labute approximate surface area is 348 Å². The number of benzene rings is 4. The number of carbonyl (C=O) groups is 3. The first kappa shape index (κ1) is 44.3. The maximum absolute atomic E-state index is 13.5. The van der Waals surface area contributed by atoms with Crippen molar-refractivity contribution in [1.29, 1.82) is 0 Å². The van der Waals surface area contributed by atoms with Crippen molar-refractivity contribution in [1.82, 2.24) is 5.32 Å². The van der Waals surface area contributed by atoms with Crippen molar-refractivity contribution in [2.75, 3.05) is 20.8 Å². The van der Waals surface area contributed by atoms with E-state index in [2.05, 4.69) is 5.32 Å². The fraction of sp³-hybridized carbons (Fsp3) is 0.400. The summed E-state index contributed by atoms with van der Waals surface area (Å²) < 4.78 is 60.7. The van der Waals surface area contributed by atoms with Crippen molar-refractivity contribution in [3.8, 4) is 0 Å². The van der Waals surface area contributed by atoms with Gasteiger partial charge in [-0.05, 0) is 22.3 Å². The molecular formula is C45H51NO14. The molecular weight excluding hydrogens is 778 g/mol. The summed E-state index contributed by atoms with van der Waals surface area (Å²) in [5.74, 6) is -1.67. The van der Waals surface area contributed by atoms with Crippen LogP contribution in [-0.4, -0.2) is 105 Å². The van der Waals surface area contributed by atoms with Crippen molar-refractivity contribution in [2.24, 2.45) is 0 Å². The molecule has 320 valence electrons. The molecule has 2 fully saturated rings. The van der Waals surface area contributed by atoms with Gasteiger partial charge in [0.05, 0.1) is 33.5 Å². The molecule has 2 aliphatic heterocycles. The van der Waals surface area contributed by atoms with E-state index >= 15 is 0 Å². The van der Waals surface area contributed by atoms with Crippen LogP contribution in [0.4, 0.5) is 4.79 Å². The zero-order valence-corrected chi connectivity index (χ0v) is 33.6. The minimum Gasteiger partial charge on any atom is -0.467 e. The van der Waals surface area contributed by atoms with Gasteiger partial charge in [0.25, 0.3) is 0 Å². The highest BCUT2D eigenvalue weighted by molar-refractivity contribution is 5.75. The summed E-state index contributed by atoms with van der Waals surface area (Å²) >= 11 is 0. The second-order valence-electron chi connectivity index (χ2n) is 14.1. The Morgan fingerprint density at radius 2 is 1.15 bits per heavy atom. The molecule has 0 spiro atoms. The van der Waals surface area contributed by atoms with E-state index in [9.17, 15) is 19.5 Å². The van der Waals surface area contributed by atoms with E-state index in [0.717, 1.165) is 29.4 Å². The van der Waals surface area contributed by atoms with E-state index in [0.29, 0.717) is 0 Å². The molecule has 2 heterocycles. The molecule has 2 saturated heterocycles. The summed E-state index contributed by atoms with van der Waals surface area (Å²) in [4.78, 5) is 39.4. The Morgan fingerprint density at radius 3 is 1.67 bits per heavy atom. The number of hydrogen-bond acceptors (Lipinski definition) is 14. The highest BCUT2D eigenvalue weighted by Gasteiger charge is 2.56. The van der Waals surface area contributed by atoms with Gasteiger partial charge in [0.1, 0.15) is 43.2 Å². The molecule has 60 heavy (non-hydrogen) atoms. The van der Waals surface area contributed by atoms with Crippen LogP contribution in [0, 0.1) is 0 Å². The van der Waals surface area contributed by atoms with E-state index in [4.69, 9.17) is 47.4 Å². The Balaban J connectivity index is 1.36. The number of nitrogens with one attached hydrogen (secondary N) is 1. The zero-order valence-electron chi connectivity index (χ0n) is 33.6. The lowest BCUT2D eigenvalue weighted by Crippen LogP contribution is -2.68. The molecule has 0 unspecified atom stereocenters. The van der Waals surface area contributed by atoms with Gasteiger partial charge in [0.15, 0.2) is 24.8 Å². The van der Waals surface area contributed by atoms with E-state index in [1.807, 2.05) is 121 Å². The normalized spacial score (nSPS) is 26.4. The van der Waals surface area contributed by atoms with Crippen molar-refractivity contribution < 1.29 is 66.9 Å². The molecule has 2 N–H and O–H groups in total. The number of alkyl carbamates (subject to hydrolysis) is 1. The first-order chi connectivity index (χ1) is 29.2. The molecule has 0 aliphatic carbocycles. The molecule has 0 bridgehead atoms. The summed E-state index contributed by atoms with van der Waals surface area (Å²) in [5.41, 5.74) is 3.20. The van der Waals surface area contributed by atoms with Crippen LogP contribution in [0.25, 0.3) is 0 Å². The van der Waals surface area contributed by atoms with Crippen LogP contribution in [0.5, 0.6) is 0 Å². The van der Waals surface area contributed by atoms with Crippen molar-refractivity contribution in [3.63, 3.8) is 0 Å². The molecule has 10 atom stereocenters. The summed E-state index contributed by atoms with van der Waals surface area (Å²) in [6.07, 6.45) is -12.9. The number of methoxy groups -OCH3 is 2. The quantitative estimate of drug-likeness (QED) is 0.105. The minimum absolute atomic E-state index is 0.0229. The number of carbonyl (C=O) groups excluding carboxylic acids is 3. The predicted octanol–water partition coefficient (Wildman–Crippen LogP) is 4.62. The van der Waals surface area contributed by atoms with Crippen LogP contribution >= 0.6 is 0 Å². The maximum Gasteiger partial charge on any atom is 0.407 e. The lowest BCUT2D eigenvalue weighted by Gasteiger charge is -2.49. The number of aliphatic hydroxyl groups is 1. The van der Waals surface area contributed by atoms with Gasteiger partial charge in [-0.3, -0.25) is 4.79 Å². The van der Waals surface area contributed by atoms with Crippen LogP contribution < -0.4 is 5.32 Å². The van der Waals surface area contributed by atoms with Gasteiger partial charge in [0, 0.05) is 14.0 Å². The van der Waals surface area contributed by atoms with Gasteiger partial charge in [-0.15, -0.1) is 0 Å². The fourth-order valence-corrected chi connectivity index (χ4v) is 6.96. The largest absolute Gasteiger partial charge is 0.467 e. The smallest absolute Gasteiger partial charge is 0.407 e. The number of aliphatic hydroxyl groups excluding tert-OH is 1. The van der Waals surface area contributed by atoms with Crippen LogP contribution in [-0.2, 0) is 83.4 Å². The fourth-order valence-electron chi connectivity index (χ4n) is 6.96. The maximum atomic E-state index is 13.5. The van der Waals surface area contributed by atoms with Crippen molar-refractivity contribution in [3.05, 3.63) is 144 Å². The SMILES string of the molecule is COC(=O)[C@@H]1O[C@@H](O[C@H]2[C@H](OCc3ccccc3)[C@@H](NC(=O)OCc3ccccc3)[C@@H](OC)O[C@@H]2COCc2ccccc2)[C@H](OC(C)=O)[C@@H](OCc2ccccc2)[C@@H]1O. The standard InChI is InChI=1S/C45H51NO14/c1-29(47)57-41-39(55-26-32-20-12-6-13-21-32)36(48)40(42(49)51-2)60-44(41)59-37-34(28-53-24-30-16-8-4-9-17-30)58-43(52-3)35(38(37)54-25-31-18-10-5-11-19-31)46-45(50)56-27-33-22-14-7-15-23-33/h4-23,34-41,43-44,48H,24-28H2,1-3H3,(H,46,50)/t34-,35-,36+,37-,38-,39+,40-,41-,43+,44-/m1/s1. The molecule has 6 rings (SSSR count). The summed E-state index contributed by atoms with van der Waals surface area (Å²) in [7, 11) is 2.57. The molecule has 4 aromatic rings. The molecule has 1 amide bonds. The molecule has 0 aromatic heterocycles. The minimum atomic E-state index is -1.66. The molecule has 0 saturated carbocycles. The highest BCUT2D eigenvalue weighted by atomic mass is 16.8. The van der Waals surface area contributed by atoms with Crippen LogP contribution in [0.15, 0.2) is 121 Å². The molecule has 4 aromatic carbocycles. The van der Waals surface area contributed by atoms with Crippen LogP contribution in [0.3, 0.4) is 0 Å². The lowest BCUT2D eigenvalue weighted by atomic mass is 9.94. The summed E-state index contributed by atoms with van der Waals surface area (Å²) in [5, 5.41) is 14.4. The Hall–Kier alpha value is -5.23. The second-order valence-corrected chi connectivity index (χ2v) is 14.1. The van der Waals surface area contributed by atoms with E-state index < -0.39 is 79.4 Å². The van der Waals surface area contributed by atoms with Gasteiger partial charge in [-0.1, -0.05) is 121 Å². The van der Waals surface area contributed by atoms with Crippen molar-refractivity contribution in [2.45, 2.75) is 94.7 Å². The highest BCUT2D eigenvalue weighted by Crippen LogP contribution is 2.34. The van der Waals surface area contributed by atoms with Crippen LogP contribution in [0.2, 0.25) is 0 Å². The van der Waals surface area contributed by atoms with Gasteiger partial charge in [0.2, 0.25) is 0 Å². The third-order valence-corrected chi connectivity index (χ3v) is 9.89. The monoisotopic (exact) mass is 829 g/mol. The third-order valence-electron chi connectivity index (χ3n) is 9.89. The topological polar surface area (TPSA) is 176 Å². The van der Waals surface area contributed by atoms with E-state index in [1.54, 1.807) is 0 Å². The van der Waals surface area contributed by atoms with Crippen molar-refractivity contribution >= 4 is 18.0 Å². The molecule has 15 nitrogen and oxygen atoms in total. The Bertz CT molecular complexity index is 1910.